The number of hydrogen-bond donors (Lipinski definition) is 4. The molecule has 0 aliphatic carbocycles. The van der Waals surface area contributed by atoms with Gasteiger partial charge in [0.05, 0.1) is 30.6 Å². The zero-order chi connectivity index (χ0) is 36.0. The second kappa shape index (κ2) is 18.6. The van der Waals surface area contributed by atoms with Crippen molar-refractivity contribution in [1.82, 2.24) is 30.8 Å². The Labute approximate surface area is 292 Å². The lowest BCUT2D eigenvalue weighted by Gasteiger charge is -2.30. The molecule has 2 aromatic heterocycles. The van der Waals surface area contributed by atoms with Crippen LogP contribution in [-0.2, 0) is 35.5 Å². The van der Waals surface area contributed by atoms with Crippen LogP contribution in [0.5, 0.6) is 0 Å². The molecule has 4 aromatic rings. The fraction of sp³-hybridized carbons (Fsp3) is 0.432. The molecule has 13 heteroatoms. The topological polar surface area (TPSA) is 172 Å². The highest BCUT2D eigenvalue weighted by Gasteiger charge is 2.31. The molecule has 2 aromatic carbocycles. The number of amides is 4. The third kappa shape index (κ3) is 11.8. The molecule has 1 unspecified atom stereocenters. The summed E-state index contributed by atoms with van der Waals surface area (Å²) < 4.78 is 16.0. The summed E-state index contributed by atoms with van der Waals surface area (Å²) in [5, 5.41) is 20.4. The molecule has 0 spiro atoms. The maximum absolute atomic E-state index is 13.8. The summed E-state index contributed by atoms with van der Waals surface area (Å²) in [5.74, 6) is 0.438. The molecule has 0 bridgehead atoms. The van der Waals surface area contributed by atoms with E-state index in [2.05, 4.69) is 25.9 Å². The van der Waals surface area contributed by atoms with E-state index in [0.717, 1.165) is 11.1 Å². The Hall–Kier alpha value is -5.17. The van der Waals surface area contributed by atoms with Gasteiger partial charge in [-0.05, 0) is 36.3 Å². The molecule has 4 rings (SSSR count). The smallest absolute Gasteiger partial charge is 0.407 e. The molecule has 4 atom stereocenters. The molecule has 0 radical (unpaired) electrons. The molecule has 0 aliphatic rings. The van der Waals surface area contributed by atoms with Crippen molar-refractivity contribution in [1.29, 1.82) is 0 Å². The molecule has 0 saturated heterocycles. The number of nitrogens with zero attached hydrogens (tertiary/aromatic N) is 3. The van der Waals surface area contributed by atoms with E-state index < -0.39 is 42.3 Å². The van der Waals surface area contributed by atoms with Crippen molar-refractivity contribution in [3.05, 3.63) is 108 Å². The summed E-state index contributed by atoms with van der Waals surface area (Å²) in [6.45, 7) is 7.72. The summed E-state index contributed by atoms with van der Waals surface area (Å²) in [5.41, 5.74) is 2.45. The second-order valence-corrected chi connectivity index (χ2v) is 13.0. The normalized spacial score (nSPS) is 13.7. The summed E-state index contributed by atoms with van der Waals surface area (Å²) in [7, 11) is 1.62. The Morgan fingerprint density at radius 3 is 2.14 bits per heavy atom. The fourth-order valence-electron chi connectivity index (χ4n) is 5.39. The molecule has 0 saturated carbocycles. The van der Waals surface area contributed by atoms with Crippen molar-refractivity contribution < 1.29 is 33.1 Å². The molecule has 0 aliphatic heterocycles. The van der Waals surface area contributed by atoms with Crippen molar-refractivity contribution in [3.63, 3.8) is 0 Å². The molecule has 13 nitrogen and oxygen atoms in total. The maximum Gasteiger partial charge on any atom is 0.407 e. The minimum Gasteiger partial charge on any atom is -0.448 e. The van der Waals surface area contributed by atoms with E-state index in [4.69, 9.17) is 13.6 Å². The number of alkyl carbamates (subject to hydrolysis) is 1. The Kier molecular flexibility index (Phi) is 14.0. The SMILES string of the molecule is CC(C)c1nc(CN(C)C(=O)NC(C(=O)N[C@@H](Cc2ccccc2)C[C@H](O)[C@H](Cc2ccccc2)NC(=O)OCc2cnco2)C(C)C)co1. The van der Waals surface area contributed by atoms with Gasteiger partial charge in [-0.2, -0.15) is 0 Å². The van der Waals surface area contributed by atoms with E-state index in [1.54, 1.807) is 7.05 Å². The molecule has 4 amide bonds. The number of rotatable bonds is 17. The number of hydrogen-bond acceptors (Lipinski definition) is 9. The number of aliphatic hydroxyl groups excluding tert-OH is 1. The van der Waals surface area contributed by atoms with Crippen LogP contribution >= 0.6 is 0 Å². The van der Waals surface area contributed by atoms with Gasteiger partial charge in [0.15, 0.2) is 24.7 Å². The van der Waals surface area contributed by atoms with Gasteiger partial charge in [0.2, 0.25) is 5.91 Å². The molecule has 268 valence electrons. The minimum absolute atomic E-state index is 0.101. The maximum atomic E-state index is 13.8. The first-order valence-electron chi connectivity index (χ1n) is 16.8. The predicted molar refractivity (Wildman–Crippen MR) is 186 cm³/mol. The van der Waals surface area contributed by atoms with Crippen molar-refractivity contribution in [2.24, 2.45) is 5.92 Å². The van der Waals surface area contributed by atoms with E-state index in [0.29, 0.717) is 30.2 Å². The fourth-order valence-corrected chi connectivity index (χ4v) is 5.39. The highest BCUT2D eigenvalue weighted by molar-refractivity contribution is 5.87. The van der Waals surface area contributed by atoms with Crippen LogP contribution in [0, 0.1) is 5.92 Å². The van der Waals surface area contributed by atoms with E-state index in [-0.39, 0.29) is 31.4 Å². The minimum atomic E-state index is -1.08. The van der Waals surface area contributed by atoms with Gasteiger partial charge in [0.1, 0.15) is 12.3 Å². The molecule has 50 heavy (non-hydrogen) atoms. The monoisotopic (exact) mass is 688 g/mol. The number of aromatic nitrogens is 2. The number of ether oxygens (including phenoxy) is 1. The number of benzene rings is 2. The van der Waals surface area contributed by atoms with E-state index in [9.17, 15) is 19.5 Å². The van der Waals surface area contributed by atoms with Gasteiger partial charge in [-0.15, -0.1) is 0 Å². The van der Waals surface area contributed by atoms with Gasteiger partial charge >= 0.3 is 12.1 Å². The van der Waals surface area contributed by atoms with Gasteiger partial charge in [-0.3, -0.25) is 4.79 Å². The van der Waals surface area contributed by atoms with Crippen LogP contribution in [0.1, 0.15) is 68.5 Å². The van der Waals surface area contributed by atoms with E-state index in [1.807, 2.05) is 88.4 Å². The van der Waals surface area contributed by atoms with Crippen molar-refractivity contribution in [2.75, 3.05) is 7.05 Å². The van der Waals surface area contributed by atoms with Crippen LogP contribution < -0.4 is 16.0 Å². The number of carbonyl (C=O) groups is 3. The van der Waals surface area contributed by atoms with Crippen molar-refractivity contribution in [3.8, 4) is 0 Å². The van der Waals surface area contributed by atoms with Crippen LogP contribution in [0.4, 0.5) is 9.59 Å². The molecule has 4 N–H and O–H groups in total. The van der Waals surface area contributed by atoms with Crippen LogP contribution in [0.3, 0.4) is 0 Å². The first-order valence-corrected chi connectivity index (χ1v) is 16.8. The zero-order valence-electron chi connectivity index (χ0n) is 29.2. The zero-order valence-corrected chi connectivity index (χ0v) is 29.2. The number of urea groups is 1. The van der Waals surface area contributed by atoms with Crippen LogP contribution in [-0.4, -0.2) is 69.3 Å². The van der Waals surface area contributed by atoms with Gasteiger partial charge in [0, 0.05) is 19.0 Å². The highest BCUT2D eigenvalue weighted by atomic mass is 16.6. The first-order chi connectivity index (χ1) is 24.0. The summed E-state index contributed by atoms with van der Waals surface area (Å²) in [4.78, 5) is 49.6. The summed E-state index contributed by atoms with van der Waals surface area (Å²) in [6.07, 6.45) is 3.22. The number of aliphatic hydroxyl groups is 1. The summed E-state index contributed by atoms with van der Waals surface area (Å²) >= 11 is 0. The van der Waals surface area contributed by atoms with Crippen LogP contribution in [0.2, 0.25) is 0 Å². The van der Waals surface area contributed by atoms with Gasteiger partial charge in [-0.1, -0.05) is 88.4 Å². The lowest BCUT2D eigenvalue weighted by molar-refractivity contribution is -0.124. The third-order valence-corrected chi connectivity index (χ3v) is 8.13. The second-order valence-electron chi connectivity index (χ2n) is 13.0. The Bertz CT molecular complexity index is 1610. The van der Waals surface area contributed by atoms with Crippen LogP contribution in [0.15, 0.2) is 88.4 Å². The molecule has 2 heterocycles. The van der Waals surface area contributed by atoms with Crippen LogP contribution in [0.25, 0.3) is 0 Å². The van der Waals surface area contributed by atoms with Gasteiger partial charge < -0.3 is 39.5 Å². The molecule has 0 fully saturated rings. The lowest BCUT2D eigenvalue weighted by Crippen LogP contribution is -2.55. The van der Waals surface area contributed by atoms with E-state index >= 15 is 0 Å². The molecular formula is C37H48N6O7. The van der Waals surface area contributed by atoms with E-state index in [1.165, 1.54) is 23.8 Å². The van der Waals surface area contributed by atoms with Crippen molar-refractivity contribution in [2.45, 2.75) is 90.3 Å². The number of nitrogens with one attached hydrogen (secondary N) is 3. The Balaban J connectivity index is 1.46. The van der Waals surface area contributed by atoms with Crippen molar-refractivity contribution >= 4 is 18.0 Å². The quantitative estimate of drug-likeness (QED) is 0.120. The van der Waals surface area contributed by atoms with Gasteiger partial charge in [0.25, 0.3) is 0 Å². The first kappa shape index (κ1) is 37.6. The third-order valence-electron chi connectivity index (χ3n) is 8.13. The standard InChI is InChI=1S/C37H48N6O7/c1-24(2)33(42-36(46)43(5)20-29-21-48-35(40-29)25(3)4)34(45)39-28(16-26-12-8-6-9-13-26)18-32(44)31(17-27-14-10-7-11-15-27)41-37(47)49-22-30-19-38-23-50-30/h6-15,19,21,23-25,28,31-33,44H,16-18,20,22H2,1-5H3,(H,39,45)(H,41,47)(H,42,46)/t28-,31-,32-,33?/m0/s1. The van der Waals surface area contributed by atoms with Gasteiger partial charge in [-0.25, -0.2) is 19.6 Å². The largest absolute Gasteiger partial charge is 0.448 e. The Morgan fingerprint density at radius 2 is 1.56 bits per heavy atom. The Morgan fingerprint density at radius 1 is 0.900 bits per heavy atom. The lowest BCUT2D eigenvalue weighted by atomic mass is 9.93. The molecular weight excluding hydrogens is 640 g/mol. The summed E-state index contributed by atoms with van der Waals surface area (Å²) in [6, 6.07) is 16.4. The highest BCUT2D eigenvalue weighted by Crippen LogP contribution is 2.17. The number of carbonyl (C=O) groups excluding carboxylic acids is 3. The predicted octanol–water partition coefficient (Wildman–Crippen LogP) is 4.97. The number of oxazole rings is 2. The average molecular weight is 689 g/mol. The average Bonchev–Trinajstić information content (AvgIpc) is 3.79.